The Morgan fingerprint density at radius 2 is 1.86 bits per heavy atom. The Balaban J connectivity index is 1.60. The van der Waals surface area contributed by atoms with Gasteiger partial charge in [0.2, 0.25) is 15.9 Å². The van der Waals surface area contributed by atoms with Gasteiger partial charge in [0.25, 0.3) is 0 Å². The van der Waals surface area contributed by atoms with Gasteiger partial charge in [0.05, 0.1) is 0 Å². The van der Waals surface area contributed by atoms with Crippen LogP contribution < -0.4 is 4.87 Å². The summed E-state index contributed by atoms with van der Waals surface area (Å²) >= 11 is 1.08. The maximum atomic E-state index is 13.9. The van der Waals surface area contributed by atoms with Gasteiger partial charge in [0.15, 0.2) is 0 Å². The van der Waals surface area contributed by atoms with E-state index >= 15 is 0 Å². The molecule has 0 atom stereocenters. The molecule has 0 spiro atoms. The van der Waals surface area contributed by atoms with E-state index in [4.69, 9.17) is 0 Å². The number of hydrogen-bond donors (Lipinski definition) is 0. The van der Waals surface area contributed by atoms with Crippen molar-refractivity contribution in [1.29, 1.82) is 0 Å². The van der Waals surface area contributed by atoms with Crippen molar-refractivity contribution in [2.75, 3.05) is 26.2 Å². The minimum absolute atomic E-state index is 0.0162. The van der Waals surface area contributed by atoms with Crippen LogP contribution in [0.5, 0.6) is 0 Å². The van der Waals surface area contributed by atoms with Crippen LogP contribution in [0.15, 0.2) is 33.3 Å². The van der Waals surface area contributed by atoms with Crippen molar-refractivity contribution in [3.63, 3.8) is 0 Å². The van der Waals surface area contributed by atoms with E-state index in [1.54, 1.807) is 12.3 Å². The number of piperazine rings is 1. The zero-order chi connectivity index (χ0) is 20.5. The summed E-state index contributed by atoms with van der Waals surface area (Å²) in [6.45, 7) is 2.42. The van der Waals surface area contributed by atoms with Gasteiger partial charge in [0.1, 0.15) is 16.5 Å². The van der Waals surface area contributed by atoms with Crippen LogP contribution in [0.3, 0.4) is 0 Å². The summed E-state index contributed by atoms with van der Waals surface area (Å²) in [6, 6.07) is 2.32. The number of rotatable bonds is 5. The molecule has 3 rings (SSSR count). The number of thiazole rings is 1. The Labute approximate surface area is 164 Å². The predicted molar refractivity (Wildman–Crippen MR) is 99.6 cm³/mol. The van der Waals surface area contributed by atoms with Gasteiger partial charge in [-0.25, -0.2) is 17.2 Å². The quantitative estimate of drug-likeness (QED) is 0.717. The molecule has 2 heterocycles. The fraction of sp³-hybridized carbons (Fsp3) is 0.412. The van der Waals surface area contributed by atoms with Crippen LogP contribution in [0.4, 0.5) is 8.78 Å². The minimum atomic E-state index is -4.11. The molecule has 1 aliphatic rings. The Hall–Kier alpha value is -2.11. The van der Waals surface area contributed by atoms with Crippen molar-refractivity contribution < 1.29 is 22.0 Å². The molecule has 2 aromatic rings. The van der Waals surface area contributed by atoms with Crippen molar-refractivity contribution >= 4 is 27.3 Å². The number of benzene rings is 1. The fourth-order valence-corrected chi connectivity index (χ4v) is 5.27. The summed E-state index contributed by atoms with van der Waals surface area (Å²) in [5, 5.41) is 1.73. The molecule has 0 saturated carbocycles. The molecule has 1 aromatic heterocycles. The molecule has 28 heavy (non-hydrogen) atoms. The second-order valence-corrected chi connectivity index (χ2v) is 9.13. The van der Waals surface area contributed by atoms with Gasteiger partial charge in [0, 0.05) is 56.3 Å². The molecule has 7 nitrogen and oxygen atoms in total. The largest absolute Gasteiger partial charge is 0.340 e. The van der Waals surface area contributed by atoms with E-state index in [2.05, 4.69) is 0 Å². The SMILES string of the molecule is Cc1csc(=O)n1CCC(=O)N1CCN(S(=O)(=O)c2ccc(F)cc2F)CC1. The normalized spacial score (nSPS) is 15.8. The zero-order valence-electron chi connectivity index (χ0n) is 15.1. The van der Waals surface area contributed by atoms with E-state index in [9.17, 15) is 26.8 Å². The predicted octanol–water partition coefficient (Wildman–Crippen LogP) is 1.42. The molecule has 1 aliphatic heterocycles. The average Bonchev–Trinajstić information content (AvgIpc) is 2.97. The monoisotopic (exact) mass is 431 g/mol. The second-order valence-electron chi connectivity index (χ2n) is 6.40. The van der Waals surface area contributed by atoms with Gasteiger partial charge in [-0.1, -0.05) is 11.3 Å². The first-order valence-electron chi connectivity index (χ1n) is 8.58. The topological polar surface area (TPSA) is 79.7 Å². The van der Waals surface area contributed by atoms with E-state index in [-0.39, 0.29) is 49.9 Å². The molecule has 1 fully saturated rings. The molecule has 1 amide bonds. The van der Waals surface area contributed by atoms with Crippen LogP contribution in [0.2, 0.25) is 0 Å². The molecular formula is C17H19F2N3O4S2. The lowest BCUT2D eigenvalue weighted by Crippen LogP contribution is -2.50. The highest BCUT2D eigenvalue weighted by molar-refractivity contribution is 7.89. The Bertz CT molecular complexity index is 1040. The molecule has 0 radical (unpaired) electrons. The van der Waals surface area contributed by atoms with E-state index < -0.39 is 26.6 Å². The molecule has 0 aliphatic carbocycles. The van der Waals surface area contributed by atoms with Crippen LogP contribution >= 0.6 is 11.3 Å². The number of halogens is 2. The summed E-state index contributed by atoms with van der Waals surface area (Å²) in [7, 11) is -4.11. The second kappa shape index (κ2) is 8.10. The van der Waals surface area contributed by atoms with Gasteiger partial charge in [-0.3, -0.25) is 9.59 Å². The number of nitrogens with zero attached hydrogens (tertiary/aromatic N) is 3. The average molecular weight is 431 g/mol. The third-order valence-electron chi connectivity index (χ3n) is 4.63. The molecule has 0 unspecified atom stereocenters. The number of carbonyl (C=O) groups excluding carboxylic acids is 1. The van der Waals surface area contributed by atoms with Gasteiger partial charge >= 0.3 is 4.87 Å². The summed E-state index contributed by atoms with van der Waals surface area (Å²) in [4.78, 5) is 24.9. The van der Waals surface area contributed by atoms with Crippen molar-refractivity contribution in [3.05, 3.63) is 50.6 Å². The van der Waals surface area contributed by atoms with Gasteiger partial charge < -0.3 is 9.47 Å². The molecule has 1 saturated heterocycles. The summed E-state index contributed by atoms with van der Waals surface area (Å²) in [5.74, 6) is -2.18. The van der Waals surface area contributed by atoms with E-state index in [0.29, 0.717) is 6.07 Å². The van der Waals surface area contributed by atoms with Crippen LogP contribution in [0.1, 0.15) is 12.1 Å². The van der Waals surface area contributed by atoms with Crippen LogP contribution in [0.25, 0.3) is 0 Å². The Kier molecular flexibility index (Phi) is 5.96. The number of carbonyl (C=O) groups is 1. The number of amides is 1. The smallest absolute Gasteiger partial charge is 0.307 e. The van der Waals surface area contributed by atoms with E-state index in [1.807, 2.05) is 0 Å². The molecule has 11 heteroatoms. The molecule has 0 bridgehead atoms. The highest BCUT2D eigenvalue weighted by Gasteiger charge is 2.32. The number of aryl methyl sites for hydroxylation is 1. The van der Waals surface area contributed by atoms with Crippen LogP contribution in [0, 0.1) is 18.6 Å². The maximum Gasteiger partial charge on any atom is 0.307 e. The van der Waals surface area contributed by atoms with Gasteiger partial charge in [-0.05, 0) is 19.1 Å². The zero-order valence-corrected chi connectivity index (χ0v) is 16.7. The summed E-state index contributed by atoms with van der Waals surface area (Å²) < 4.78 is 54.7. The van der Waals surface area contributed by atoms with Crippen LogP contribution in [-0.4, -0.2) is 54.3 Å². The lowest BCUT2D eigenvalue weighted by molar-refractivity contribution is -0.132. The highest BCUT2D eigenvalue weighted by Crippen LogP contribution is 2.21. The van der Waals surface area contributed by atoms with Crippen molar-refractivity contribution in [2.24, 2.45) is 0 Å². The number of hydrogen-bond acceptors (Lipinski definition) is 5. The van der Waals surface area contributed by atoms with Crippen molar-refractivity contribution in [1.82, 2.24) is 13.8 Å². The summed E-state index contributed by atoms with van der Waals surface area (Å²) in [5.41, 5.74) is 0.792. The van der Waals surface area contributed by atoms with Gasteiger partial charge in [-0.2, -0.15) is 4.31 Å². The lowest BCUT2D eigenvalue weighted by Gasteiger charge is -2.34. The summed E-state index contributed by atoms with van der Waals surface area (Å²) in [6.07, 6.45) is 0.136. The number of aromatic nitrogens is 1. The maximum absolute atomic E-state index is 13.9. The van der Waals surface area contributed by atoms with Crippen molar-refractivity contribution in [2.45, 2.75) is 24.8 Å². The van der Waals surface area contributed by atoms with E-state index in [0.717, 1.165) is 33.5 Å². The first-order chi connectivity index (χ1) is 13.2. The lowest BCUT2D eigenvalue weighted by atomic mass is 10.3. The molecular weight excluding hydrogens is 412 g/mol. The first-order valence-corrected chi connectivity index (χ1v) is 10.9. The van der Waals surface area contributed by atoms with Crippen LogP contribution in [-0.2, 0) is 21.4 Å². The Morgan fingerprint density at radius 3 is 2.43 bits per heavy atom. The molecule has 0 N–H and O–H groups in total. The Morgan fingerprint density at radius 1 is 1.18 bits per heavy atom. The van der Waals surface area contributed by atoms with Gasteiger partial charge in [-0.15, -0.1) is 0 Å². The standard InChI is InChI=1S/C17H19F2N3O4S2/c1-12-11-27-17(24)22(12)5-4-16(23)20-6-8-21(9-7-20)28(25,26)15-3-2-13(18)10-14(15)19/h2-3,10-11H,4-9H2,1H3. The minimum Gasteiger partial charge on any atom is -0.340 e. The van der Waals surface area contributed by atoms with Crippen molar-refractivity contribution in [3.8, 4) is 0 Å². The number of sulfonamides is 1. The third kappa shape index (κ3) is 4.15. The first kappa shape index (κ1) is 20.6. The molecule has 1 aromatic carbocycles. The fourth-order valence-electron chi connectivity index (χ4n) is 3.04. The third-order valence-corrected chi connectivity index (χ3v) is 7.44. The highest BCUT2D eigenvalue weighted by atomic mass is 32.2. The molecule has 152 valence electrons. The van der Waals surface area contributed by atoms with E-state index in [1.165, 1.54) is 9.47 Å².